The topological polar surface area (TPSA) is 26.3 Å². The molecular formula is C9H9O2. The van der Waals surface area contributed by atoms with Gasteiger partial charge < -0.3 is 4.74 Å². The zero-order chi connectivity index (χ0) is 8.10. The molecule has 0 atom stereocenters. The van der Waals surface area contributed by atoms with E-state index in [0.717, 1.165) is 5.56 Å². The molecule has 1 aromatic rings. The number of hydrogen-bond donors (Lipinski definition) is 0. The molecule has 0 fully saturated rings. The second-order valence-electron chi connectivity index (χ2n) is 2.23. The minimum atomic E-state index is 0.574. The third kappa shape index (κ3) is 2.16. The Labute approximate surface area is 65.8 Å². The number of rotatable bonds is 3. The summed E-state index contributed by atoms with van der Waals surface area (Å²) >= 11 is 0. The third-order valence-corrected chi connectivity index (χ3v) is 1.38. The van der Waals surface area contributed by atoms with Crippen LogP contribution in [0.4, 0.5) is 0 Å². The first-order chi connectivity index (χ1) is 5.36. The number of methoxy groups -OCH3 is 1. The molecule has 0 saturated carbocycles. The fourth-order valence-electron chi connectivity index (χ4n) is 0.836. The summed E-state index contributed by atoms with van der Waals surface area (Å²) in [6.07, 6.45) is 1.81. The molecule has 0 saturated heterocycles. The highest BCUT2D eigenvalue weighted by molar-refractivity contribution is 5.75. The van der Waals surface area contributed by atoms with E-state index in [-0.39, 0.29) is 0 Å². The zero-order valence-corrected chi connectivity index (χ0v) is 6.33. The molecule has 0 spiro atoms. The van der Waals surface area contributed by atoms with E-state index in [2.05, 4.69) is 0 Å². The van der Waals surface area contributed by atoms with E-state index < -0.39 is 0 Å². The van der Waals surface area contributed by atoms with Gasteiger partial charge in [0.1, 0.15) is 0 Å². The van der Waals surface area contributed by atoms with Gasteiger partial charge in [0.25, 0.3) is 0 Å². The lowest BCUT2D eigenvalue weighted by molar-refractivity contribution is 0.185. The molecule has 2 heteroatoms. The van der Waals surface area contributed by atoms with Crippen molar-refractivity contribution in [2.24, 2.45) is 0 Å². The minimum absolute atomic E-state index is 0.574. The van der Waals surface area contributed by atoms with E-state index in [0.29, 0.717) is 12.2 Å². The van der Waals surface area contributed by atoms with Gasteiger partial charge in [-0.1, -0.05) is 24.3 Å². The van der Waals surface area contributed by atoms with Crippen molar-refractivity contribution in [3.63, 3.8) is 0 Å². The highest BCUT2D eigenvalue weighted by Gasteiger charge is 1.91. The first-order valence-corrected chi connectivity index (χ1v) is 3.33. The maximum Gasteiger partial charge on any atom is 0.233 e. The molecule has 0 aliphatic heterocycles. The molecule has 0 N–H and O–H groups in total. The van der Waals surface area contributed by atoms with E-state index in [9.17, 15) is 4.79 Å². The van der Waals surface area contributed by atoms with Gasteiger partial charge in [0.15, 0.2) is 0 Å². The van der Waals surface area contributed by atoms with Crippen molar-refractivity contribution < 1.29 is 9.53 Å². The number of ether oxygens (including phenoxy) is 1. The van der Waals surface area contributed by atoms with Crippen molar-refractivity contribution in [1.82, 2.24) is 0 Å². The Morgan fingerprint density at radius 2 is 2.00 bits per heavy atom. The quantitative estimate of drug-likeness (QED) is 0.647. The van der Waals surface area contributed by atoms with Gasteiger partial charge in [-0.15, -0.1) is 0 Å². The van der Waals surface area contributed by atoms with E-state index in [4.69, 9.17) is 4.74 Å². The van der Waals surface area contributed by atoms with Crippen LogP contribution in [0.5, 0.6) is 0 Å². The summed E-state index contributed by atoms with van der Waals surface area (Å²) in [6.45, 7) is 0.582. The maximum atomic E-state index is 10.1. The summed E-state index contributed by atoms with van der Waals surface area (Å²) < 4.78 is 4.90. The summed E-state index contributed by atoms with van der Waals surface area (Å²) in [7, 11) is 1.64. The summed E-state index contributed by atoms with van der Waals surface area (Å²) in [5.74, 6) is 0. The molecule has 0 amide bonds. The van der Waals surface area contributed by atoms with Gasteiger partial charge in [-0.05, 0) is 5.56 Å². The van der Waals surface area contributed by atoms with Crippen molar-refractivity contribution in [2.75, 3.05) is 7.11 Å². The Hall–Kier alpha value is -1.15. The van der Waals surface area contributed by atoms with Crippen LogP contribution in [0.15, 0.2) is 24.3 Å². The molecule has 0 bridgehead atoms. The van der Waals surface area contributed by atoms with Crippen LogP contribution in [0, 0.1) is 0 Å². The predicted octanol–water partition coefficient (Wildman–Crippen LogP) is 1.29. The summed E-state index contributed by atoms with van der Waals surface area (Å²) in [5, 5.41) is 0. The number of hydrogen-bond acceptors (Lipinski definition) is 2. The third-order valence-electron chi connectivity index (χ3n) is 1.38. The summed E-state index contributed by atoms with van der Waals surface area (Å²) in [4.78, 5) is 10.1. The highest BCUT2D eigenvalue weighted by atomic mass is 16.5. The van der Waals surface area contributed by atoms with Crippen LogP contribution in [-0.2, 0) is 16.1 Å². The van der Waals surface area contributed by atoms with Gasteiger partial charge in [-0.2, -0.15) is 0 Å². The highest BCUT2D eigenvalue weighted by Crippen LogP contribution is 2.02. The number of carbonyl (C=O) groups excluding carboxylic acids is 1. The molecule has 0 heterocycles. The molecule has 1 aromatic carbocycles. The van der Waals surface area contributed by atoms with E-state index in [1.54, 1.807) is 25.5 Å². The van der Waals surface area contributed by atoms with Crippen molar-refractivity contribution in [2.45, 2.75) is 6.61 Å². The van der Waals surface area contributed by atoms with Crippen LogP contribution in [0.1, 0.15) is 11.1 Å². The SMILES string of the molecule is COCc1ccc([C]=O)cc1. The van der Waals surface area contributed by atoms with E-state index >= 15 is 0 Å². The van der Waals surface area contributed by atoms with Gasteiger partial charge >= 0.3 is 0 Å². The molecule has 1 rings (SSSR count). The van der Waals surface area contributed by atoms with Crippen molar-refractivity contribution in [3.8, 4) is 0 Å². The van der Waals surface area contributed by atoms with E-state index in [1.165, 1.54) is 0 Å². The fourth-order valence-corrected chi connectivity index (χ4v) is 0.836. The molecule has 0 unspecified atom stereocenters. The molecule has 1 radical (unpaired) electrons. The smallest absolute Gasteiger partial charge is 0.233 e. The van der Waals surface area contributed by atoms with Gasteiger partial charge in [0.05, 0.1) is 6.61 Å². The lowest BCUT2D eigenvalue weighted by atomic mass is 10.2. The first kappa shape index (κ1) is 7.95. The monoisotopic (exact) mass is 149 g/mol. The van der Waals surface area contributed by atoms with Crippen LogP contribution in [-0.4, -0.2) is 13.4 Å². The molecule has 0 aliphatic rings. The van der Waals surface area contributed by atoms with Crippen LogP contribution < -0.4 is 0 Å². The number of benzene rings is 1. The van der Waals surface area contributed by atoms with Gasteiger partial charge in [-0.3, -0.25) is 4.79 Å². The normalized spacial score (nSPS) is 9.55. The van der Waals surface area contributed by atoms with Gasteiger partial charge in [0.2, 0.25) is 6.29 Å². The van der Waals surface area contributed by atoms with Crippen LogP contribution in [0.3, 0.4) is 0 Å². The molecule has 0 aliphatic carbocycles. The second kappa shape index (κ2) is 3.88. The molecule has 2 nitrogen and oxygen atoms in total. The Kier molecular flexibility index (Phi) is 2.81. The second-order valence-corrected chi connectivity index (χ2v) is 2.23. The first-order valence-electron chi connectivity index (χ1n) is 3.33. The Bertz CT molecular complexity index is 226. The van der Waals surface area contributed by atoms with Gasteiger partial charge in [-0.25, -0.2) is 0 Å². The van der Waals surface area contributed by atoms with Crippen molar-refractivity contribution >= 4 is 6.29 Å². The summed E-state index contributed by atoms with van der Waals surface area (Å²) in [6, 6.07) is 7.15. The van der Waals surface area contributed by atoms with Gasteiger partial charge in [0, 0.05) is 12.7 Å². The Balaban J connectivity index is 2.74. The maximum absolute atomic E-state index is 10.1. The molecule has 57 valence electrons. The van der Waals surface area contributed by atoms with Crippen molar-refractivity contribution in [1.29, 1.82) is 0 Å². The van der Waals surface area contributed by atoms with Crippen LogP contribution >= 0.6 is 0 Å². The Morgan fingerprint density at radius 3 is 2.45 bits per heavy atom. The largest absolute Gasteiger partial charge is 0.380 e. The zero-order valence-electron chi connectivity index (χ0n) is 6.33. The average Bonchev–Trinajstić information content (AvgIpc) is 2.07. The lowest BCUT2D eigenvalue weighted by Crippen LogP contribution is -1.87. The average molecular weight is 149 g/mol. The van der Waals surface area contributed by atoms with Crippen molar-refractivity contribution in [3.05, 3.63) is 35.4 Å². The van der Waals surface area contributed by atoms with Crippen LogP contribution in [0.25, 0.3) is 0 Å². The molecule has 11 heavy (non-hydrogen) atoms. The predicted molar refractivity (Wildman–Crippen MR) is 42.0 cm³/mol. The van der Waals surface area contributed by atoms with E-state index in [1.807, 2.05) is 12.1 Å². The molecule has 0 aromatic heterocycles. The fraction of sp³-hybridized carbons (Fsp3) is 0.222. The minimum Gasteiger partial charge on any atom is -0.380 e. The molecular weight excluding hydrogens is 140 g/mol. The van der Waals surface area contributed by atoms with Crippen LogP contribution in [0.2, 0.25) is 0 Å². The standard InChI is InChI=1S/C9H9O2/c1-11-7-9-4-2-8(6-10)3-5-9/h2-5H,7H2,1H3. The lowest BCUT2D eigenvalue weighted by Gasteiger charge is -1.97. The summed E-state index contributed by atoms with van der Waals surface area (Å²) in [5.41, 5.74) is 1.64. The Morgan fingerprint density at radius 1 is 1.36 bits per heavy atom.